The zero-order valence-electron chi connectivity index (χ0n) is 9.28. The fourth-order valence-corrected chi connectivity index (χ4v) is 2.62. The number of piperidine rings is 1. The van der Waals surface area contributed by atoms with Crippen LogP contribution in [-0.4, -0.2) is 39.2 Å². The van der Waals surface area contributed by atoms with Crippen molar-refractivity contribution in [2.24, 2.45) is 0 Å². The maximum atomic E-state index is 5.39. The maximum absolute atomic E-state index is 5.39. The smallest absolute Gasteiger partial charge is 0.231 e. The molecule has 5 nitrogen and oxygen atoms in total. The van der Waals surface area contributed by atoms with E-state index in [9.17, 15) is 0 Å². The van der Waals surface area contributed by atoms with Crippen molar-refractivity contribution in [3.8, 4) is 11.4 Å². The van der Waals surface area contributed by atoms with Gasteiger partial charge in [-0.3, -0.25) is 9.88 Å². The van der Waals surface area contributed by atoms with Crippen LogP contribution in [0.15, 0.2) is 29.0 Å². The standard InChI is InChI=1S/C12H12N4O/c1-4-13-5-2-8(1)11-14-12(17-15-11)9-3-6-16-7-10(9)16/h1-2,4-5,9-10H,3,6-7H2. The van der Waals surface area contributed by atoms with Gasteiger partial charge in [-0.2, -0.15) is 4.98 Å². The largest absolute Gasteiger partial charge is 0.339 e. The van der Waals surface area contributed by atoms with Crippen LogP contribution in [-0.2, 0) is 0 Å². The Balaban J connectivity index is 1.65. The predicted octanol–water partition coefficient (Wildman–Crippen LogP) is 1.30. The second kappa shape index (κ2) is 3.37. The molecule has 2 fully saturated rings. The van der Waals surface area contributed by atoms with Crippen LogP contribution in [0.2, 0.25) is 0 Å². The van der Waals surface area contributed by atoms with Crippen molar-refractivity contribution in [1.82, 2.24) is 20.0 Å². The van der Waals surface area contributed by atoms with E-state index in [-0.39, 0.29) is 0 Å². The van der Waals surface area contributed by atoms with E-state index in [4.69, 9.17) is 4.52 Å². The second-order valence-corrected chi connectivity index (χ2v) is 4.65. The molecule has 2 aromatic rings. The first-order chi connectivity index (χ1) is 8.42. The summed E-state index contributed by atoms with van der Waals surface area (Å²) < 4.78 is 5.39. The van der Waals surface area contributed by atoms with Crippen LogP contribution < -0.4 is 0 Å². The fraction of sp³-hybridized carbons (Fsp3) is 0.417. The summed E-state index contributed by atoms with van der Waals surface area (Å²) in [6, 6.07) is 4.44. The van der Waals surface area contributed by atoms with Crippen LogP contribution in [0.3, 0.4) is 0 Å². The molecule has 0 aliphatic carbocycles. The van der Waals surface area contributed by atoms with Crippen molar-refractivity contribution in [3.05, 3.63) is 30.4 Å². The number of hydrogen-bond donors (Lipinski definition) is 0. The molecule has 2 aliphatic heterocycles. The van der Waals surface area contributed by atoms with Crippen molar-refractivity contribution in [2.45, 2.75) is 18.4 Å². The molecule has 0 N–H and O–H groups in total. The van der Waals surface area contributed by atoms with E-state index in [1.807, 2.05) is 12.1 Å². The lowest BCUT2D eigenvalue weighted by Crippen LogP contribution is -2.03. The van der Waals surface area contributed by atoms with Crippen LogP contribution in [0, 0.1) is 0 Å². The number of hydrogen-bond acceptors (Lipinski definition) is 5. The van der Waals surface area contributed by atoms with E-state index < -0.39 is 0 Å². The minimum absolute atomic E-state index is 0.443. The Morgan fingerprint density at radius 3 is 2.88 bits per heavy atom. The summed E-state index contributed by atoms with van der Waals surface area (Å²) in [5.41, 5.74) is 0.959. The Bertz CT molecular complexity index is 538. The Morgan fingerprint density at radius 2 is 2.18 bits per heavy atom. The van der Waals surface area contributed by atoms with Gasteiger partial charge < -0.3 is 4.52 Å². The van der Waals surface area contributed by atoms with Gasteiger partial charge in [-0.25, -0.2) is 0 Å². The molecule has 0 bridgehead atoms. The van der Waals surface area contributed by atoms with Gasteiger partial charge >= 0.3 is 0 Å². The molecule has 2 saturated heterocycles. The van der Waals surface area contributed by atoms with E-state index in [0.717, 1.165) is 17.9 Å². The highest BCUT2D eigenvalue weighted by molar-refractivity contribution is 5.52. The zero-order valence-corrected chi connectivity index (χ0v) is 9.28. The molecule has 5 heteroatoms. The summed E-state index contributed by atoms with van der Waals surface area (Å²) in [4.78, 5) is 10.9. The van der Waals surface area contributed by atoms with Crippen LogP contribution in [0.4, 0.5) is 0 Å². The molecular weight excluding hydrogens is 216 g/mol. The van der Waals surface area contributed by atoms with Crippen LogP contribution in [0.25, 0.3) is 11.4 Å². The molecule has 0 aromatic carbocycles. The summed E-state index contributed by atoms with van der Waals surface area (Å²) in [5.74, 6) is 1.90. The minimum Gasteiger partial charge on any atom is -0.339 e. The Morgan fingerprint density at radius 1 is 1.29 bits per heavy atom. The van der Waals surface area contributed by atoms with Gasteiger partial charge in [-0.15, -0.1) is 0 Å². The van der Waals surface area contributed by atoms with Crippen molar-refractivity contribution in [3.63, 3.8) is 0 Å². The van der Waals surface area contributed by atoms with E-state index >= 15 is 0 Å². The summed E-state index contributed by atoms with van der Waals surface area (Å²) in [7, 11) is 0. The van der Waals surface area contributed by atoms with Crippen LogP contribution >= 0.6 is 0 Å². The molecule has 4 heterocycles. The summed E-state index contributed by atoms with van der Waals surface area (Å²) in [6.45, 7) is 2.36. The van der Waals surface area contributed by atoms with Gasteiger partial charge in [0.2, 0.25) is 11.7 Å². The van der Waals surface area contributed by atoms with Gasteiger partial charge in [0.05, 0.1) is 5.92 Å². The van der Waals surface area contributed by atoms with E-state index in [1.54, 1.807) is 12.4 Å². The molecule has 86 valence electrons. The van der Waals surface area contributed by atoms with E-state index in [1.165, 1.54) is 13.1 Å². The van der Waals surface area contributed by atoms with Crippen molar-refractivity contribution >= 4 is 0 Å². The lowest BCUT2D eigenvalue weighted by atomic mass is 10.0. The monoisotopic (exact) mass is 228 g/mol. The first-order valence-electron chi connectivity index (χ1n) is 5.90. The third-order valence-corrected chi connectivity index (χ3v) is 3.65. The maximum Gasteiger partial charge on any atom is 0.231 e. The highest BCUT2D eigenvalue weighted by Crippen LogP contribution is 2.41. The molecule has 0 saturated carbocycles. The van der Waals surface area contributed by atoms with Gasteiger partial charge in [0.1, 0.15) is 0 Å². The average molecular weight is 228 g/mol. The molecule has 0 amide bonds. The molecule has 17 heavy (non-hydrogen) atoms. The number of aromatic nitrogens is 3. The van der Waals surface area contributed by atoms with Gasteiger partial charge in [0, 0.05) is 30.5 Å². The summed E-state index contributed by atoms with van der Waals surface area (Å²) >= 11 is 0. The van der Waals surface area contributed by atoms with E-state index in [0.29, 0.717) is 17.8 Å². The van der Waals surface area contributed by atoms with Crippen LogP contribution in [0.5, 0.6) is 0 Å². The first kappa shape index (κ1) is 9.30. The fourth-order valence-electron chi connectivity index (χ4n) is 2.62. The molecular formula is C12H12N4O. The topological polar surface area (TPSA) is 54.8 Å². The Kier molecular flexibility index (Phi) is 1.84. The third-order valence-electron chi connectivity index (χ3n) is 3.65. The SMILES string of the molecule is c1cc(-c2noc(C3CCN4CC34)n2)ccn1. The van der Waals surface area contributed by atoms with Crippen LogP contribution in [0.1, 0.15) is 18.2 Å². The van der Waals surface area contributed by atoms with Crippen molar-refractivity contribution in [1.29, 1.82) is 0 Å². The Labute approximate surface area is 98.5 Å². The molecule has 3 unspecified atom stereocenters. The lowest BCUT2D eigenvalue weighted by molar-refractivity contribution is 0.354. The molecule has 0 radical (unpaired) electrons. The average Bonchev–Trinajstić information content (AvgIpc) is 2.83. The summed E-state index contributed by atoms with van der Waals surface area (Å²) in [5, 5.41) is 4.05. The van der Waals surface area contributed by atoms with Gasteiger partial charge in [-0.05, 0) is 25.1 Å². The second-order valence-electron chi connectivity index (χ2n) is 4.65. The van der Waals surface area contributed by atoms with Crippen molar-refractivity contribution < 1.29 is 4.52 Å². The Hall–Kier alpha value is -1.75. The minimum atomic E-state index is 0.443. The van der Waals surface area contributed by atoms with Gasteiger partial charge in [0.25, 0.3) is 0 Å². The number of fused-ring (bicyclic) bond motifs is 1. The number of rotatable bonds is 2. The highest BCUT2D eigenvalue weighted by Gasteiger charge is 2.48. The summed E-state index contributed by atoms with van der Waals surface area (Å²) in [6.07, 6.45) is 4.62. The zero-order chi connectivity index (χ0) is 11.2. The van der Waals surface area contributed by atoms with Crippen molar-refractivity contribution in [2.75, 3.05) is 13.1 Å². The third kappa shape index (κ3) is 1.46. The van der Waals surface area contributed by atoms with Gasteiger partial charge in [-0.1, -0.05) is 5.16 Å². The highest BCUT2D eigenvalue weighted by atomic mass is 16.5. The molecule has 3 atom stereocenters. The first-order valence-corrected chi connectivity index (χ1v) is 5.90. The number of pyridine rings is 1. The normalized spacial score (nSPS) is 30.2. The molecule has 2 aliphatic rings. The molecule has 2 aromatic heterocycles. The van der Waals surface area contributed by atoms with Gasteiger partial charge in [0.15, 0.2) is 0 Å². The molecule has 0 spiro atoms. The number of nitrogens with zero attached hydrogens (tertiary/aromatic N) is 4. The molecule has 4 rings (SSSR count). The van der Waals surface area contributed by atoms with E-state index in [2.05, 4.69) is 20.0 Å². The quantitative estimate of drug-likeness (QED) is 0.725. The lowest BCUT2D eigenvalue weighted by Gasteiger charge is -2.01. The predicted molar refractivity (Wildman–Crippen MR) is 60.2 cm³/mol.